The highest BCUT2D eigenvalue weighted by Gasteiger charge is 2.31. The van der Waals surface area contributed by atoms with Crippen molar-refractivity contribution in [3.63, 3.8) is 0 Å². The third-order valence-corrected chi connectivity index (χ3v) is 7.40. The normalized spacial score (nSPS) is 21.3. The molecule has 0 atom stereocenters. The first-order valence-electron chi connectivity index (χ1n) is 9.05. The second-order valence-electron chi connectivity index (χ2n) is 7.43. The van der Waals surface area contributed by atoms with E-state index in [1.165, 1.54) is 24.3 Å². The van der Waals surface area contributed by atoms with Gasteiger partial charge < -0.3 is 4.74 Å². The molecule has 0 aromatic heterocycles. The summed E-state index contributed by atoms with van der Waals surface area (Å²) in [7, 11) is -3.08. The second kappa shape index (κ2) is 8.63. The van der Waals surface area contributed by atoms with Crippen molar-refractivity contribution in [2.45, 2.75) is 57.6 Å². The summed E-state index contributed by atoms with van der Waals surface area (Å²) in [6, 6.07) is 5.31. The van der Waals surface area contributed by atoms with Crippen LogP contribution in [-0.2, 0) is 21.1 Å². The molecule has 0 bridgehead atoms. The van der Waals surface area contributed by atoms with Crippen molar-refractivity contribution in [3.05, 3.63) is 29.8 Å². The maximum Gasteiger partial charge on any atom is 0.573 e. The summed E-state index contributed by atoms with van der Waals surface area (Å²) < 4.78 is 64.3. The van der Waals surface area contributed by atoms with Crippen molar-refractivity contribution in [1.29, 1.82) is 0 Å². The largest absolute Gasteiger partial charge is 0.573 e. The number of hydrogen-bond donors (Lipinski definition) is 0. The van der Waals surface area contributed by atoms with Gasteiger partial charge in [0.25, 0.3) is 0 Å². The lowest BCUT2D eigenvalue weighted by Gasteiger charge is -2.28. The van der Waals surface area contributed by atoms with Crippen LogP contribution in [0, 0.1) is 11.8 Å². The first-order valence-corrected chi connectivity index (χ1v) is 10.8. The van der Waals surface area contributed by atoms with Crippen molar-refractivity contribution in [1.82, 2.24) is 0 Å². The lowest BCUT2D eigenvalue weighted by molar-refractivity contribution is -0.274. The number of alkyl halides is 3. The minimum absolute atomic E-state index is 0.0460. The molecule has 4 nitrogen and oxygen atoms in total. The molecule has 1 fully saturated rings. The maximum atomic E-state index is 12.5. The molecule has 27 heavy (non-hydrogen) atoms. The molecule has 8 heteroatoms. The molecule has 1 aromatic carbocycles. The van der Waals surface area contributed by atoms with E-state index in [9.17, 15) is 26.4 Å². The Balaban J connectivity index is 1.84. The van der Waals surface area contributed by atoms with E-state index in [4.69, 9.17) is 0 Å². The molecular formula is C19H25F3O4S. The lowest BCUT2D eigenvalue weighted by atomic mass is 9.79. The Morgan fingerprint density at radius 1 is 1.11 bits per heavy atom. The Kier molecular flexibility index (Phi) is 6.94. The Morgan fingerprint density at radius 3 is 2.15 bits per heavy atom. The summed E-state index contributed by atoms with van der Waals surface area (Å²) in [4.78, 5) is 12.5. The van der Waals surface area contributed by atoms with Gasteiger partial charge in [0.15, 0.2) is 9.84 Å². The van der Waals surface area contributed by atoms with Gasteiger partial charge >= 0.3 is 6.36 Å². The fraction of sp³-hybridized carbons (Fsp3) is 0.632. The average molecular weight is 406 g/mol. The lowest BCUT2D eigenvalue weighted by Crippen LogP contribution is -2.29. The van der Waals surface area contributed by atoms with E-state index < -0.39 is 16.2 Å². The SMILES string of the molecule is CC(C)S(=O)(=O)CC1CCC(C(=O)Cc2ccc(OC(F)(F)F)cc2)CC1. The Bertz CT molecular complexity index is 731. The molecule has 0 aliphatic heterocycles. The van der Waals surface area contributed by atoms with Crippen LogP contribution in [0.3, 0.4) is 0 Å². The summed E-state index contributed by atoms with van der Waals surface area (Å²) in [6.45, 7) is 3.35. The topological polar surface area (TPSA) is 60.4 Å². The van der Waals surface area contributed by atoms with Crippen molar-refractivity contribution >= 4 is 15.6 Å². The van der Waals surface area contributed by atoms with Crippen molar-refractivity contribution in [2.75, 3.05) is 5.75 Å². The van der Waals surface area contributed by atoms with Gasteiger partial charge in [-0.15, -0.1) is 13.2 Å². The minimum atomic E-state index is -4.74. The van der Waals surface area contributed by atoms with Gasteiger partial charge in [0, 0.05) is 12.3 Å². The van der Waals surface area contributed by atoms with Crippen LogP contribution >= 0.6 is 0 Å². The van der Waals surface area contributed by atoms with Gasteiger partial charge in [-0.05, 0) is 63.1 Å². The Labute approximate surface area is 158 Å². The van der Waals surface area contributed by atoms with Crippen molar-refractivity contribution in [2.24, 2.45) is 11.8 Å². The van der Waals surface area contributed by atoms with Crippen LogP contribution in [0.15, 0.2) is 24.3 Å². The van der Waals surface area contributed by atoms with Crippen LogP contribution in [0.25, 0.3) is 0 Å². The summed E-state index contributed by atoms with van der Waals surface area (Å²) in [5.74, 6) is -0.115. The standard InChI is InChI=1S/C19H25F3O4S/c1-13(2)27(24,25)12-15-3-7-16(8-4-15)18(23)11-14-5-9-17(10-6-14)26-19(20,21)22/h5-6,9-10,13,15-16H,3-4,7-8,11-12H2,1-2H3. The highest BCUT2D eigenvalue weighted by Crippen LogP contribution is 2.32. The predicted molar refractivity (Wildman–Crippen MR) is 96.2 cm³/mol. The van der Waals surface area contributed by atoms with Gasteiger partial charge in [0.1, 0.15) is 11.5 Å². The molecule has 0 N–H and O–H groups in total. The number of carbonyl (C=O) groups excluding carboxylic acids is 1. The Morgan fingerprint density at radius 2 is 1.67 bits per heavy atom. The van der Waals surface area contributed by atoms with E-state index in [0.29, 0.717) is 31.2 Å². The zero-order chi connectivity index (χ0) is 20.2. The van der Waals surface area contributed by atoms with Crippen LogP contribution in [0.4, 0.5) is 13.2 Å². The average Bonchev–Trinajstić information content (AvgIpc) is 2.55. The molecule has 0 heterocycles. The second-order valence-corrected chi connectivity index (χ2v) is 10.0. The van der Waals surface area contributed by atoms with E-state index in [1.54, 1.807) is 13.8 Å². The maximum absolute atomic E-state index is 12.5. The molecule has 1 aromatic rings. The number of carbonyl (C=O) groups is 1. The monoisotopic (exact) mass is 406 g/mol. The van der Waals surface area contributed by atoms with Gasteiger partial charge in [-0.3, -0.25) is 4.79 Å². The van der Waals surface area contributed by atoms with Crippen LogP contribution in [0.1, 0.15) is 45.1 Å². The summed E-state index contributed by atoms with van der Waals surface area (Å²) in [6.07, 6.45) is -1.84. The molecule has 0 unspecified atom stereocenters. The Hall–Kier alpha value is -1.57. The summed E-state index contributed by atoms with van der Waals surface area (Å²) in [5.41, 5.74) is 0.638. The highest BCUT2D eigenvalue weighted by atomic mass is 32.2. The third-order valence-electron chi connectivity index (χ3n) is 5.02. The number of rotatable bonds is 7. The smallest absolute Gasteiger partial charge is 0.406 e. The van der Waals surface area contributed by atoms with Crippen molar-refractivity contribution < 1.29 is 31.1 Å². The fourth-order valence-corrected chi connectivity index (χ4v) is 4.70. The highest BCUT2D eigenvalue weighted by molar-refractivity contribution is 7.91. The number of ketones is 1. The fourth-order valence-electron chi connectivity index (χ4n) is 3.33. The van der Waals surface area contributed by atoms with Crippen molar-refractivity contribution in [3.8, 4) is 5.75 Å². The van der Waals surface area contributed by atoms with Gasteiger partial charge in [0.05, 0.1) is 11.0 Å². The molecule has 0 saturated heterocycles. The van der Waals surface area contributed by atoms with E-state index in [0.717, 1.165) is 0 Å². The predicted octanol–water partition coefficient (Wildman–Crippen LogP) is 4.33. The zero-order valence-corrected chi connectivity index (χ0v) is 16.3. The van der Waals surface area contributed by atoms with Gasteiger partial charge in [0.2, 0.25) is 0 Å². The summed E-state index contributed by atoms with van der Waals surface area (Å²) >= 11 is 0. The number of hydrogen-bond acceptors (Lipinski definition) is 4. The number of ether oxygens (including phenoxy) is 1. The molecule has 0 spiro atoms. The first-order chi connectivity index (χ1) is 12.5. The minimum Gasteiger partial charge on any atom is -0.406 e. The molecule has 2 rings (SSSR count). The summed E-state index contributed by atoms with van der Waals surface area (Å²) in [5, 5.41) is -0.388. The van der Waals surface area contributed by atoms with E-state index >= 15 is 0 Å². The molecule has 152 valence electrons. The zero-order valence-electron chi connectivity index (χ0n) is 15.5. The third kappa shape index (κ3) is 6.83. The van der Waals surface area contributed by atoms with E-state index in [2.05, 4.69) is 4.74 Å². The first kappa shape index (κ1) is 21.7. The molecule has 1 saturated carbocycles. The number of sulfone groups is 1. The van der Waals surface area contributed by atoms with Crippen LogP contribution in [0.2, 0.25) is 0 Å². The van der Waals surface area contributed by atoms with Gasteiger partial charge in [-0.1, -0.05) is 12.1 Å². The van der Waals surface area contributed by atoms with Gasteiger partial charge in [-0.25, -0.2) is 8.42 Å². The molecule has 1 aliphatic rings. The number of benzene rings is 1. The van der Waals surface area contributed by atoms with Crippen LogP contribution in [0.5, 0.6) is 5.75 Å². The van der Waals surface area contributed by atoms with E-state index in [1.807, 2.05) is 0 Å². The van der Waals surface area contributed by atoms with E-state index in [-0.39, 0.29) is 40.8 Å². The molecule has 1 aliphatic carbocycles. The quantitative estimate of drug-likeness (QED) is 0.676. The molecule has 0 amide bonds. The molecule has 0 radical (unpaired) electrons. The van der Waals surface area contributed by atoms with Crippen LogP contribution < -0.4 is 4.74 Å². The number of Topliss-reactive ketones (excluding diaryl/α,β-unsaturated/α-hetero) is 1. The van der Waals surface area contributed by atoms with Gasteiger partial charge in [-0.2, -0.15) is 0 Å². The molecular weight excluding hydrogens is 381 g/mol. The number of halogens is 3. The van der Waals surface area contributed by atoms with Crippen LogP contribution in [-0.4, -0.2) is 31.6 Å².